The second-order valence-electron chi connectivity index (χ2n) is 3.34. The van der Waals surface area contributed by atoms with Gasteiger partial charge in [0.05, 0.1) is 0 Å². The molecule has 1 heterocycles. The molecule has 0 radical (unpaired) electrons. The number of hydrogen-bond acceptors (Lipinski definition) is 4. The van der Waals surface area contributed by atoms with Gasteiger partial charge < -0.3 is 5.32 Å². The highest BCUT2D eigenvalue weighted by Crippen LogP contribution is 2.25. The predicted octanol–water partition coefficient (Wildman–Crippen LogP) is 3.05. The molecule has 72 valence electrons. The molecule has 5 heteroatoms. The fraction of sp³-hybridized carbons (Fsp3) is 0.750. The second kappa shape index (κ2) is 4.37. The van der Waals surface area contributed by atoms with E-state index in [1.54, 1.807) is 11.3 Å². The highest BCUT2D eigenvalue weighted by molar-refractivity contribution is 9.11. The lowest BCUT2D eigenvalue weighted by Gasteiger charge is -2.21. The smallest absolute Gasteiger partial charge is 0.206 e. The number of rotatable bonds is 2. The molecule has 0 aromatic carbocycles. The van der Waals surface area contributed by atoms with Crippen LogP contribution in [-0.4, -0.2) is 16.2 Å². The third-order valence-electron chi connectivity index (χ3n) is 2.33. The molecule has 0 saturated heterocycles. The fourth-order valence-electron chi connectivity index (χ4n) is 1.69. The van der Waals surface area contributed by atoms with Crippen molar-refractivity contribution in [3.63, 3.8) is 0 Å². The van der Waals surface area contributed by atoms with Crippen LogP contribution in [0.3, 0.4) is 0 Å². The Kier molecular flexibility index (Phi) is 3.16. The molecule has 2 rings (SSSR count). The molecule has 0 bridgehead atoms. The van der Waals surface area contributed by atoms with E-state index in [0.717, 1.165) is 9.05 Å². The predicted molar refractivity (Wildman–Crippen MR) is 58.1 cm³/mol. The summed E-state index contributed by atoms with van der Waals surface area (Å²) < 4.78 is 0.853. The Bertz CT molecular complexity index is 270. The van der Waals surface area contributed by atoms with E-state index in [1.807, 2.05) is 0 Å². The van der Waals surface area contributed by atoms with Crippen molar-refractivity contribution in [2.24, 2.45) is 0 Å². The first-order valence-corrected chi connectivity index (χ1v) is 6.21. The van der Waals surface area contributed by atoms with Gasteiger partial charge in [-0.05, 0) is 28.8 Å². The quantitative estimate of drug-likeness (QED) is 0.890. The zero-order valence-electron chi connectivity index (χ0n) is 7.29. The fourth-order valence-corrected chi connectivity index (χ4v) is 2.77. The number of halogens is 1. The highest BCUT2D eigenvalue weighted by Gasteiger charge is 2.14. The Morgan fingerprint density at radius 1 is 1.23 bits per heavy atom. The van der Waals surface area contributed by atoms with Crippen LogP contribution in [0, 0.1) is 0 Å². The Balaban J connectivity index is 1.89. The first kappa shape index (κ1) is 9.40. The van der Waals surface area contributed by atoms with E-state index in [0.29, 0.717) is 6.04 Å². The molecule has 1 saturated carbocycles. The molecule has 1 aromatic rings. The molecule has 1 aliphatic carbocycles. The summed E-state index contributed by atoms with van der Waals surface area (Å²) in [6.07, 6.45) is 6.63. The minimum atomic E-state index is 0.619. The normalized spacial score (nSPS) is 18.8. The van der Waals surface area contributed by atoms with Crippen molar-refractivity contribution in [1.29, 1.82) is 0 Å². The van der Waals surface area contributed by atoms with E-state index in [9.17, 15) is 0 Å². The third-order valence-corrected chi connectivity index (χ3v) is 3.62. The van der Waals surface area contributed by atoms with Crippen LogP contribution in [-0.2, 0) is 0 Å². The summed E-state index contributed by atoms with van der Waals surface area (Å²) in [5.41, 5.74) is 0. The van der Waals surface area contributed by atoms with Crippen molar-refractivity contribution in [1.82, 2.24) is 10.2 Å². The first-order valence-electron chi connectivity index (χ1n) is 4.60. The standard InChI is InChI=1S/C8H12BrN3S/c9-7-11-12-8(13-7)10-6-4-2-1-3-5-6/h6H,1-5H2,(H,10,12). The average molecular weight is 262 g/mol. The molecule has 0 spiro atoms. The van der Waals surface area contributed by atoms with Crippen molar-refractivity contribution >= 4 is 32.4 Å². The van der Waals surface area contributed by atoms with Crippen LogP contribution in [0.5, 0.6) is 0 Å². The molecule has 3 nitrogen and oxygen atoms in total. The minimum absolute atomic E-state index is 0.619. The van der Waals surface area contributed by atoms with E-state index in [2.05, 4.69) is 31.4 Å². The van der Waals surface area contributed by atoms with Gasteiger partial charge in [0.1, 0.15) is 0 Å². The second-order valence-corrected chi connectivity index (χ2v) is 5.59. The van der Waals surface area contributed by atoms with Crippen LogP contribution in [0.15, 0.2) is 3.92 Å². The first-order chi connectivity index (χ1) is 6.34. The summed E-state index contributed by atoms with van der Waals surface area (Å²) in [4.78, 5) is 0. The maximum atomic E-state index is 4.02. The van der Waals surface area contributed by atoms with Gasteiger partial charge in [-0.3, -0.25) is 0 Å². The number of nitrogens with one attached hydrogen (secondary N) is 1. The Morgan fingerprint density at radius 2 is 2.00 bits per heavy atom. The van der Waals surface area contributed by atoms with Gasteiger partial charge in [0.2, 0.25) is 5.13 Å². The molecule has 1 aliphatic rings. The van der Waals surface area contributed by atoms with Crippen LogP contribution >= 0.6 is 27.3 Å². The maximum absolute atomic E-state index is 4.02. The summed E-state index contributed by atoms with van der Waals surface area (Å²) in [6.45, 7) is 0. The lowest BCUT2D eigenvalue weighted by atomic mass is 9.96. The topological polar surface area (TPSA) is 37.8 Å². The van der Waals surface area contributed by atoms with E-state index < -0.39 is 0 Å². The Morgan fingerprint density at radius 3 is 2.62 bits per heavy atom. The molecule has 0 unspecified atom stereocenters. The average Bonchev–Trinajstić information content (AvgIpc) is 2.53. The van der Waals surface area contributed by atoms with E-state index in [4.69, 9.17) is 0 Å². The monoisotopic (exact) mass is 261 g/mol. The molecule has 0 amide bonds. The molecule has 13 heavy (non-hydrogen) atoms. The minimum Gasteiger partial charge on any atom is -0.357 e. The number of anilines is 1. The maximum Gasteiger partial charge on any atom is 0.206 e. The summed E-state index contributed by atoms with van der Waals surface area (Å²) in [7, 11) is 0. The largest absolute Gasteiger partial charge is 0.357 e. The van der Waals surface area contributed by atoms with Crippen LogP contribution in [0.1, 0.15) is 32.1 Å². The van der Waals surface area contributed by atoms with Crippen LogP contribution in [0.4, 0.5) is 5.13 Å². The summed E-state index contributed by atoms with van der Waals surface area (Å²) in [6, 6.07) is 0.619. The van der Waals surface area contributed by atoms with E-state index in [1.165, 1.54) is 32.1 Å². The molecular formula is C8H12BrN3S. The van der Waals surface area contributed by atoms with Crippen molar-refractivity contribution in [2.75, 3.05) is 5.32 Å². The third kappa shape index (κ3) is 2.64. The number of hydrogen-bond donors (Lipinski definition) is 1. The number of aromatic nitrogens is 2. The summed E-state index contributed by atoms with van der Waals surface area (Å²) >= 11 is 4.87. The van der Waals surface area contributed by atoms with Gasteiger partial charge in [-0.2, -0.15) is 0 Å². The highest BCUT2D eigenvalue weighted by atomic mass is 79.9. The molecule has 0 atom stereocenters. The van der Waals surface area contributed by atoms with Crippen LogP contribution in [0.25, 0.3) is 0 Å². The zero-order chi connectivity index (χ0) is 9.10. The SMILES string of the molecule is Brc1nnc(NC2CCCCC2)s1. The van der Waals surface area contributed by atoms with Gasteiger partial charge in [0.15, 0.2) is 3.92 Å². The van der Waals surface area contributed by atoms with Gasteiger partial charge in [0, 0.05) is 6.04 Å². The van der Waals surface area contributed by atoms with Crippen molar-refractivity contribution < 1.29 is 0 Å². The Labute approximate surface area is 90.1 Å². The van der Waals surface area contributed by atoms with Crippen molar-refractivity contribution in [3.8, 4) is 0 Å². The van der Waals surface area contributed by atoms with Gasteiger partial charge in [-0.1, -0.05) is 30.6 Å². The molecule has 1 N–H and O–H groups in total. The lowest BCUT2D eigenvalue weighted by molar-refractivity contribution is 0.462. The van der Waals surface area contributed by atoms with Crippen molar-refractivity contribution in [2.45, 2.75) is 38.1 Å². The summed E-state index contributed by atoms with van der Waals surface area (Å²) in [5, 5.41) is 12.3. The molecule has 0 aliphatic heterocycles. The van der Waals surface area contributed by atoms with E-state index in [-0.39, 0.29) is 0 Å². The van der Waals surface area contributed by atoms with Crippen LogP contribution in [0.2, 0.25) is 0 Å². The lowest BCUT2D eigenvalue weighted by Crippen LogP contribution is -2.21. The van der Waals surface area contributed by atoms with Gasteiger partial charge in [0.25, 0.3) is 0 Å². The molecular weight excluding hydrogens is 250 g/mol. The van der Waals surface area contributed by atoms with E-state index >= 15 is 0 Å². The number of nitrogens with zero attached hydrogens (tertiary/aromatic N) is 2. The Hall–Kier alpha value is -0.160. The zero-order valence-corrected chi connectivity index (χ0v) is 9.70. The van der Waals surface area contributed by atoms with Gasteiger partial charge in [-0.15, -0.1) is 10.2 Å². The summed E-state index contributed by atoms with van der Waals surface area (Å²) in [5.74, 6) is 0. The molecule has 1 aromatic heterocycles. The van der Waals surface area contributed by atoms with Gasteiger partial charge in [-0.25, -0.2) is 0 Å². The van der Waals surface area contributed by atoms with Crippen molar-refractivity contribution in [3.05, 3.63) is 3.92 Å². The molecule has 1 fully saturated rings. The van der Waals surface area contributed by atoms with Gasteiger partial charge >= 0.3 is 0 Å². The van der Waals surface area contributed by atoms with Crippen LogP contribution < -0.4 is 5.32 Å².